The molecule has 1 aliphatic rings. The molecule has 0 radical (unpaired) electrons. The monoisotopic (exact) mass is 487 g/mol. The maximum Gasteiger partial charge on any atom is 0.325 e. The standard InChI is InChI=1S/C22H22BrN3O5/c1-14-11-16(6-9-18(14)23)25-19(27)13-31-21(29)12-24-22(30)15-4-7-17(8-5-15)26-10-2-3-20(26)28/h4-9,11H,2-3,10,12-13H2,1H3,(H,24,30)(H,25,27). The number of esters is 1. The first kappa shape index (κ1) is 22.5. The molecule has 1 heterocycles. The molecule has 1 aliphatic heterocycles. The van der Waals surface area contributed by atoms with Gasteiger partial charge in [-0.3, -0.25) is 19.2 Å². The number of hydrogen-bond donors (Lipinski definition) is 2. The predicted octanol–water partition coefficient (Wildman–Crippen LogP) is 2.80. The van der Waals surface area contributed by atoms with Crippen molar-refractivity contribution in [3.05, 3.63) is 58.1 Å². The Bertz CT molecular complexity index is 1010. The first-order chi connectivity index (χ1) is 14.8. The van der Waals surface area contributed by atoms with Crippen LogP contribution in [0.4, 0.5) is 11.4 Å². The summed E-state index contributed by atoms with van der Waals surface area (Å²) >= 11 is 3.38. The van der Waals surface area contributed by atoms with E-state index in [4.69, 9.17) is 4.74 Å². The number of nitrogens with zero attached hydrogens (tertiary/aromatic N) is 1. The molecule has 2 N–H and O–H groups in total. The highest BCUT2D eigenvalue weighted by Crippen LogP contribution is 2.22. The predicted molar refractivity (Wildman–Crippen MR) is 119 cm³/mol. The number of carbonyl (C=O) groups is 4. The van der Waals surface area contributed by atoms with Gasteiger partial charge in [-0.2, -0.15) is 0 Å². The minimum atomic E-state index is -0.727. The minimum absolute atomic E-state index is 0.0688. The zero-order valence-electron chi connectivity index (χ0n) is 16.9. The number of aryl methyl sites for hydroxylation is 1. The van der Waals surface area contributed by atoms with Crippen LogP contribution in [-0.4, -0.2) is 43.4 Å². The number of benzene rings is 2. The van der Waals surface area contributed by atoms with Gasteiger partial charge in [0.25, 0.3) is 11.8 Å². The van der Waals surface area contributed by atoms with Gasteiger partial charge in [-0.25, -0.2) is 0 Å². The molecule has 0 atom stereocenters. The van der Waals surface area contributed by atoms with Crippen molar-refractivity contribution in [2.75, 3.05) is 29.9 Å². The molecule has 3 amide bonds. The Kier molecular flexibility index (Phi) is 7.41. The Morgan fingerprint density at radius 1 is 1.13 bits per heavy atom. The number of halogens is 1. The van der Waals surface area contributed by atoms with E-state index in [2.05, 4.69) is 26.6 Å². The zero-order valence-corrected chi connectivity index (χ0v) is 18.5. The van der Waals surface area contributed by atoms with Gasteiger partial charge in [0.05, 0.1) is 0 Å². The van der Waals surface area contributed by atoms with Crippen LogP contribution in [0.3, 0.4) is 0 Å². The fourth-order valence-corrected chi connectivity index (χ4v) is 3.33. The molecule has 0 bridgehead atoms. The number of rotatable bonds is 7. The summed E-state index contributed by atoms with van der Waals surface area (Å²) in [5.41, 5.74) is 2.64. The van der Waals surface area contributed by atoms with Gasteiger partial charge in [-0.05, 0) is 61.4 Å². The van der Waals surface area contributed by atoms with E-state index >= 15 is 0 Å². The lowest BCUT2D eigenvalue weighted by Crippen LogP contribution is -2.32. The van der Waals surface area contributed by atoms with E-state index in [0.717, 1.165) is 22.1 Å². The molecule has 0 saturated carbocycles. The second kappa shape index (κ2) is 10.2. The molecule has 2 aromatic carbocycles. The molecule has 1 fully saturated rings. The molecule has 0 aliphatic carbocycles. The van der Waals surface area contributed by atoms with Crippen molar-refractivity contribution in [1.29, 1.82) is 0 Å². The largest absolute Gasteiger partial charge is 0.454 e. The van der Waals surface area contributed by atoms with Gasteiger partial charge in [-0.15, -0.1) is 0 Å². The highest BCUT2D eigenvalue weighted by atomic mass is 79.9. The van der Waals surface area contributed by atoms with E-state index in [1.165, 1.54) is 0 Å². The molecule has 31 heavy (non-hydrogen) atoms. The summed E-state index contributed by atoms with van der Waals surface area (Å²) < 4.78 is 5.82. The zero-order chi connectivity index (χ0) is 22.4. The summed E-state index contributed by atoms with van der Waals surface area (Å²) in [7, 11) is 0. The maximum absolute atomic E-state index is 12.2. The average molecular weight is 488 g/mol. The number of hydrogen-bond acceptors (Lipinski definition) is 5. The van der Waals surface area contributed by atoms with Crippen LogP contribution >= 0.6 is 15.9 Å². The molecular weight excluding hydrogens is 466 g/mol. The maximum atomic E-state index is 12.2. The summed E-state index contributed by atoms with van der Waals surface area (Å²) in [6.07, 6.45) is 1.36. The van der Waals surface area contributed by atoms with E-state index in [1.807, 2.05) is 13.0 Å². The first-order valence-corrected chi connectivity index (χ1v) is 10.5. The molecule has 1 saturated heterocycles. The first-order valence-electron chi connectivity index (χ1n) is 9.74. The SMILES string of the molecule is Cc1cc(NC(=O)COC(=O)CNC(=O)c2ccc(N3CCCC3=O)cc2)ccc1Br. The van der Waals surface area contributed by atoms with E-state index in [-0.39, 0.29) is 12.5 Å². The van der Waals surface area contributed by atoms with Gasteiger partial charge in [-0.1, -0.05) is 15.9 Å². The fraction of sp³-hybridized carbons (Fsp3) is 0.273. The second-order valence-corrected chi connectivity index (χ2v) is 7.91. The summed E-state index contributed by atoms with van der Waals surface area (Å²) in [4.78, 5) is 49.4. The van der Waals surface area contributed by atoms with E-state index in [1.54, 1.807) is 41.3 Å². The van der Waals surface area contributed by atoms with Gasteiger partial charge in [0.2, 0.25) is 5.91 Å². The summed E-state index contributed by atoms with van der Waals surface area (Å²) in [6, 6.07) is 11.9. The lowest BCUT2D eigenvalue weighted by Gasteiger charge is -2.15. The third kappa shape index (κ3) is 6.14. The van der Waals surface area contributed by atoms with Crippen LogP contribution in [0.15, 0.2) is 46.9 Å². The Morgan fingerprint density at radius 2 is 1.87 bits per heavy atom. The minimum Gasteiger partial charge on any atom is -0.454 e. The smallest absolute Gasteiger partial charge is 0.325 e. The number of carbonyl (C=O) groups excluding carboxylic acids is 4. The number of amides is 3. The number of nitrogens with one attached hydrogen (secondary N) is 2. The Hall–Kier alpha value is -3.20. The van der Waals surface area contributed by atoms with Crippen LogP contribution < -0.4 is 15.5 Å². The third-order valence-corrected chi connectivity index (χ3v) is 5.60. The van der Waals surface area contributed by atoms with Gasteiger partial charge >= 0.3 is 5.97 Å². The molecule has 162 valence electrons. The molecule has 2 aromatic rings. The van der Waals surface area contributed by atoms with Gasteiger partial charge in [0.15, 0.2) is 6.61 Å². The van der Waals surface area contributed by atoms with Gasteiger partial charge in [0.1, 0.15) is 6.54 Å². The second-order valence-electron chi connectivity index (χ2n) is 7.05. The van der Waals surface area contributed by atoms with Gasteiger partial charge < -0.3 is 20.3 Å². The van der Waals surface area contributed by atoms with Crippen LogP contribution in [0.1, 0.15) is 28.8 Å². The van der Waals surface area contributed by atoms with Crippen molar-refractivity contribution in [1.82, 2.24) is 5.32 Å². The third-order valence-electron chi connectivity index (χ3n) is 4.71. The Labute approximate surface area is 188 Å². The van der Waals surface area contributed by atoms with Crippen molar-refractivity contribution >= 4 is 51.0 Å². The van der Waals surface area contributed by atoms with Crippen LogP contribution in [0, 0.1) is 6.92 Å². The van der Waals surface area contributed by atoms with E-state index < -0.39 is 24.4 Å². The summed E-state index contributed by atoms with van der Waals surface area (Å²) in [5, 5.41) is 5.09. The van der Waals surface area contributed by atoms with E-state index in [9.17, 15) is 19.2 Å². The normalized spacial score (nSPS) is 13.1. The summed E-state index contributed by atoms with van der Waals surface area (Å²) in [6.45, 7) is 1.74. The molecular formula is C22H22BrN3O5. The highest BCUT2D eigenvalue weighted by molar-refractivity contribution is 9.10. The molecule has 8 nitrogen and oxygen atoms in total. The van der Waals surface area contributed by atoms with Crippen molar-refractivity contribution < 1.29 is 23.9 Å². The molecule has 0 aromatic heterocycles. The van der Waals surface area contributed by atoms with Crippen LogP contribution in [0.25, 0.3) is 0 Å². The fourth-order valence-electron chi connectivity index (χ4n) is 3.08. The van der Waals surface area contributed by atoms with Crippen LogP contribution in [0.5, 0.6) is 0 Å². The lowest BCUT2D eigenvalue weighted by atomic mass is 10.2. The molecule has 3 rings (SSSR count). The topological polar surface area (TPSA) is 105 Å². The molecule has 0 unspecified atom stereocenters. The number of anilines is 2. The quantitative estimate of drug-likeness (QED) is 0.584. The average Bonchev–Trinajstić information content (AvgIpc) is 3.19. The number of ether oxygens (including phenoxy) is 1. The Morgan fingerprint density at radius 3 is 2.52 bits per heavy atom. The van der Waals surface area contributed by atoms with Crippen molar-refractivity contribution in [3.8, 4) is 0 Å². The van der Waals surface area contributed by atoms with Gasteiger partial charge in [0, 0.05) is 34.4 Å². The van der Waals surface area contributed by atoms with Crippen molar-refractivity contribution in [2.45, 2.75) is 19.8 Å². The molecule has 0 spiro atoms. The lowest BCUT2D eigenvalue weighted by molar-refractivity contribution is -0.146. The van der Waals surface area contributed by atoms with Crippen molar-refractivity contribution in [2.24, 2.45) is 0 Å². The highest BCUT2D eigenvalue weighted by Gasteiger charge is 2.21. The Balaban J connectivity index is 1.41. The van der Waals surface area contributed by atoms with Crippen LogP contribution in [-0.2, 0) is 19.1 Å². The van der Waals surface area contributed by atoms with Crippen molar-refractivity contribution in [3.63, 3.8) is 0 Å². The molecule has 9 heteroatoms. The van der Waals surface area contributed by atoms with Crippen LogP contribution in [0.2, 0.25) is 0 Å². The summed E-state index contributed by atoms with van der Waals surface area (Å²) in [5.74, 6) is -1.59. The van der Waals surface area contributed by atoms with E-state index in [0.29, 0.717) is 24.2 Å².